The predicted molar refractivity (Wildman–Crippen MR) is 109 cm³/mol. The fourth-order valence-corrected chi connectivity index (χ4v) is 3.12. The topological polar surface area (TPSA) is 61.6 Å². The normalized spacial score (nSPS) is 10.7. The largest absolute Gasteiger partial charge is 0.490 e. The van der Waals surface area contributed by atoms with Crippen molar-refractivity contribution in [3.8, 4) is 34.2 Å². The summed E-state index contributed by atoms with van der Waals surface area (Å²) in [5.41, 5.74) is 4.03. The molecule has 28 heavy (non-hydrogen) atoms. The fraction of sp³-hybridized carbons (Fsp3) is 0.304. The number of ketones is 1. The smallest absolute Gasteiger partial charge is 0.226 e. The number of nitrogens with zero attached hydrogens (tertiary/aromatic N) is 1. The van der Waals surface area contributed by atoms with Crippen LogP contribution >= 0.6 is 0 Å². The minimum absolute atomic E-state index is 0.121. The first-order valence-electron chi connectivity index (χ1n) is 9.57. The lowest BCUT2D eigenvalue weighted by Crippen LogP contribution is -2.01. The van der Waals surface area contributed by atoms with Gasteiger partial charge in [0.25, 0.3) is 0 Å². The third-order valence-corrected chi connectivity index (χ3v) is 4.53. The molecule has 0 spiro atoms. The lowest BCUT2D eigenvalue weighted by Gasteiger charge is -2.11. The second kappa shape index (κ2) is 8.74. The summed E-state index contributed by atoms with van der Waals surface area (Å²) < 4.78 is 17.0. The lowest BCUT2D eigenvalue weighted by molar-refractivity contribution is 0.0987. The standard InChI is InChI=1S/C23H25NO4/c1-5-20(25)18-10-8-9-17(15(18)4)19-14-28-23(24-19)16-11-12-21(26-6-2)22(13-16)27-7-3/h8-14H,5-7H2,1-4H3. The van der Waals surface area contributed by atoms with Gasteiger partial charge in [-0.2, -0.15) is 0 Å². The Morgan fingerprint density at radius 1 is 1.04 bits per heavy atom. The number of Topliss-reactive ketones (excluding diaryl/α,β-unsaturated/α-hetero) is 1. The van der Waals surface area contributed by atoms with E-state index in [0.29, 0.717) is 42.7 Å². The van der Waals surface area contributed by atoms with Gasteiger partial charge >= 0.3 is 0 Å². The van der Waals surface area contributed by atoms with Gasteiger partial charge in [-0.1, -0.05) is 25.1 Å². The molecule has 0 unspecified atom stereocenters. The van der Waals surface area contributed by atoms with Crippen molar-refractivity contribution in [3.63, 3.8) is 0 Å². The molecule has 0 radical (unpaired) electrons. The van der Waals surface area contributed by atoms with Crippen LogP contribution < -0.4 is 9.47 Å². The zero-order chi connectivity index (χ0) is 20.1. The quantitative estimate of drug-likeness (QED) is 0.469. The molecule has 2 aromatic carbocycles. The Hall–Kier alpha value is -3.08. The van der Waals surface area contributed by atoms with E-state index in [-0.39, 0.29) is 5.78 Å². The van der Waals surface area contributed by atoms with E-state index in [2.05, 4.69) is 4.98 Å². The minimum atomic E-state index is 0.121. The van der Waals surface area contributed by atoms with E-state index < -0.39 is 0 Å². The third-order valence-electron chi connectivity index (χ3n) is 4.53. The van der Waals surface area contributed by atoms with Crippen LogP contribution in [-0.2, 0) is 0 Å². The van der Waals surface area contributed by atoms with Gasteiger partial charge in [-0.15, -0.1) is 0 Å². The highest BCUT2D eigenvalue weighted by Gasteiger charge is 2.16. The molecule has 0 amide bonds. The van der Waals surface area contributed by atoms with Gasteiger partial charge in [0.1, 0.15) is 12.0 Å². The predicted octanol–water partition coefficient (Wildman–Crippen LogP) is 5.71. The van der Waals surface area contributed by atoms with Gasteiger partial charge in [-0.05, 0) is 44.5 Å². The molecular formula is C23H25NO4. The summed E-state index contributed by atoms with van der Waals surface area (Å²) in [6, 6.07) is 11.3. The van der Waals surface area contributed by atoms with Crippen molar-refractivity contribution in [1.29, 1.82) is 0 Å². The van der Waals surface area contributed by atoms with E-state index in [1.807, 2.05) is 64.1 Å². The Morgan fingerprint density at radius 2 is 1.79 bits per heavy atom. The average molecular weight is 379 g/mol. The molecule has 5 heteroatoms. The van der Waals surface area contributed by atoms with Crippen molar-refractivity contribution in [1.82, 2.24) is 4.98 Å². The second-order valence-electron chi connectivity index (χ2n) is 6.32. The number of hydrogen-bond acceptors (Lipinski definition) is 5. The number of ether oxygens (including phenoxy) is 2. The van der Waals surface area contributed by atoms with E-state index >= 15 is 0 Å². The Morgan fingerprint density at radius 3 is 2.50 bits per heavy atom. The molecule has 0 aliphatic rings. The Balaban J connectivity index is 1.97. The van der Waals surface area contributed by atoms with Crippen LogP contribution in [0.25, 0.3) is 22.7 Å². The molecule has 3 rings (SSSR count). The highest BCUT2D eigenvalue weighted by Crippen LogP contribution is 2.34. The van der Waals surface area contributed by atoms with Crippen molar-refractivity contribution in [3.05, 3.63) is 53.8 Å². The van der Waals surface area contributed by atoms with E-state index in [0.717, 1.165) is 22.3 Å². The Bertz CT molecular complexity index is 974. The molecule has 0 saturated heterocycles. The van der Waals surface area contributed by atoms with Crippen molar-refractivity contribution in [2.45, 2.75) is 34.1 Å². The third kappa shape index (κ3) is 3.93. The summed E-state index contributed by atoms with van der Waals surface area (Å²) in [5.74, 6) is 1.97. The number of aromatic nitrogens is 1. The number of oxazole rings is 1. The molecule has 5 nitrogen and oxygen atoms in total. The number of benzene rings is 2. The SMILES string of the molecule is CCOc1ccc(-c2nc(-c3cccc(C(=O)CC)c3C)co2)cc1OCC. The fourth-order valence-electron chi connectivity index (χ4n) is 3.12. The van der Waals surface area contributed by atoms with Gasteiger partial charge in [-0.3, -0.25) is 4.79 Å². The van der Waals surface area contributed by atoms with E-state index in [9.17, 15) is 4.79 Å². The van der Waals surface area contributed by atoms with Gasteiger partial charge in [0.05, 0.1) is 13.2 Å². The van der Waals surface area contributed by atoms with Crippen molar-refractivity contribution >= 4 is 5.78 Å². The summed E-state index contributed by atoms with van der Waals surface area (Å²) in [4.78, 5) is 16.8. The van der Waals surface area contributed by atoms with Crippen molar-refractivity contribution < 1.29 is 18.7 Å². The van der Waals surface area contributed by atoms with Crippen LogP contribution in [0.15, 0.2) is 47.1 Å². The zero-order valence-electron chi connectivity index (χ0n) is 16.7. The molecule has 1 aromatic heterocycles. The molecule has 0 N–H and O–H groups in total. The molecule has 0 bridgehead atoms. The maximum Gasteiger partial charge on any atom is 0.226 e. The maximum absolute atomic E-state index is 12.2. The first kappa shape index (κ1) is 19.7. The molecule has 146 valence electrons. The van der Waals surface area contributed by atoms with Crippen LogP contribution in [0.5, 0.6) is 11.5 Å². The number of rotatable bonds is 8. The van der Waals surface area contributed by atoms with Gasteiger partial charge in [-0.25, -0.2) is 4.98 Å². The first-order chi connectivity index (χ1) is 13.6. The van der Waals surface area contributed by atoms with Crippen LogP contribution in [-0.4, -0.2) is 24.0 Å². The zero-order valence-corrected chi connectivity index (χ0v) is 16.7. The van der Waals surface area contributed by atoms with Crippen LogP contribution in [0.2, 0.25) is 0 Å². The summed E-state index contributed by atoms with van der Waals surface area (Å²) in [5, 5.41) is 0. The molecule has 0 saturated carbocycles. The van der Waals surface area contributed by atoms with Crippen molar-refractivity contribution in [2.75, 3.05) is 13.2 Å². The van der Waals surface area contributed by atoms with E-state index in [1.165, 1.54) is 0 Å². The van der Waals surface area contributed by atoms with Gasteiger partial charge < -0.3 is 13.9 Å². The molecule has 3 aromatic rings. The van der Waals surface area contributed by atoms with Gasteiger partial charge in [0.15, 0.2) is 17.3 Å². The molecule has 0 aliphatic heterocycles. The van der Waals surface area contributed by atoms with Gasteiger partial charge in [0, 0.05) is 23.1 Å². The minimum Gasteiger partial charge on any atom is -0.490 e. The summed E-state index contributed by atoms with van der Waals surface area (Å²) in [6.45, 7) is 8.77. The Labute approximate surface area is 165 Å². The van der Waals surface area contributed by atoms with Crippen LogP contribution in [0.3, 0.4) is 0 Å². The average Bonchev–Trinajstić information content (AvgIpc) is 3.19. The monoisotopic (exact) mass is 379 g/mol. The molecule has 1 heterocycles. The molecule has 0 fully saturated rings. The first-order valence-corrected chi connectivity index (χ1v) is 9.57. The van der Waals surface area contributed by atoms with Crippen LogP contribution in [0.4, 0.5) is 0 Å². The molecular weight excluding hydrogens is 354 g/mol. The van der Waals surface area contributed by atoms with Crippen LogP contribution in [0, 0.1) is 6.92 Å². The van der Waals surface area contributed by atoms with Gasteiger partial charge in [0.2, 0.25) is 5.89 Å². The van der Waals surface area contributed by atoms with E-state index in [4.69, 9.17) is 13.9 Å². The number of carbonyl (C=O) groups is 1. The second-order valence-corrected chi connectivity index (χ2v) is 6.32. The van der Waals surface area contributed by atoms with Crippen LogP contribution in [0.1, 0.15) is 43.1 Å². The van der Waals surface area contributed by atoms with Crippen molar-refractivity contribution in [2.24, 2.45) is 0 Å². The maximum atomic E-state index is 12.2. The highest BCUT2D eigenvalue weighted by atomic mass is 16.5. The summed E-state index contributed by atoms with van der Waals surface area (Å²) in [7, 11) is 0. The Kier molecular flexibility index (Phi) is 6.14. The molecule has 0 atom stereocenters. The highest BCUT2D eigenvalue weighted by molar-refractivity contribution is 5.98. The number of hydrogen-bond donors (Lipinski definition) is 0. The summed E-state index contributed by atoms with van der Waals surface area (Å²) >= 11 is 0. The van der Waals surface area contributed by atoms with E-state index in [1.54, 1.807) is 6.26 Å². The summed E-state index contributed by atoms with van der Waals surface area (Å²) in [6.07, 6.45) is 2.09. The number of carbonyl (C=O) groups excluding carboxylic acids is 1. The molecule has 0 aliphatic carbocycles. The lowest BCUT2D eigenvalue weighted by atomic mass is 9.97.